The Balaban J connectivity index is 1.21. The number of carbonyl (C=O) groups is 1. The number of carboxylic acid groups (broad SMARTS) is 1. The molecule has 334 valence electrons. The number of ether oxygens (including phenoxy) is 4. The average Bonchev–Trinajstić information content (AvgIpc) is 3.85. The van der Waals surface area contributed by atoms with Crippen molar-refractivity contribution in [1.29, 1.82) is 0 Å². The second kappa shape index (κ2) is 19.4. The minimum atomic E-state index is -4.57. The molecule has 0 aliphatic carbocycles. The molecule has 13 nitrogen and oxygen atoms in total. The highest BCUT2D eigenvalue weighted by Crippen LogP contribution is 2.49. The van der Waals surface area contributed by atoms with Crippen molar-refractivity contribution in [2.24, 2.45) is 0 Å². The Labute approximate surface area is 365 Å². The van der Waals surface area contributed by atoms with Gasteiger partial charge in [-0.25, -0.2) is 19.7 Å². The number of pyridine rings is 1. The Morgan fingerprint density at radius 1 is 0.921 bits per heavy atom. The van der Waals surface area contributed by atoms with Gasteiger partial charge in [0.25, 0.3) is 0 Å². The van der Waals surface area contributed by atoms with Gasteiger partial charge in [-0.3, -0.25) is 9.58 Å². The van der Waals surface area contributed by atoms with Crippen LogP contribution in [-0.2, 0) is 24.4 Å². The first-order chi connectivity index (χ1) is 30.0. The molecule has 1 fully saturated rings. The molecule has 63 heavy (non-hydrogen) atoms. The number of hydrogen-bond donors (Lipinski definition) is 1. The Hall–Kier alpha value is -5.70. The van der Waals surface area contributed by atoms with E-state index in [9.17, 15) is 36.2 Å². The van der Waals surface area contributed by atoms with Crippen LogP contribution in [0.3, 0.4) is 0 Å². The van der Waals surface area contributed by atoms with Crippen molar-refractivity contribution in [2.45, 2.75) is 45.0 Å². The van der Waals surface area contributed by atoms with Crippen LogP contribution in [0.4, 0.5) is 26.3 Å². The smallest absolute Gasteiger partial charge is 0.422 e. The Morgan fingerprint density at radius 3 is 2.41 bits per heavy atom. The fourth-order valence-electron chi connectivity index (χ4n) is 6.88. The van der Waals surface area contributed by atoms with Gasteiger partial charge in [-0.15, -0.1) is 11.3 Å². The number of benzene rings is 2. The van der Waals surface area contributed by atoms with Gasteiger partial charge in [0, 0.05) is 73.6 Å². The summed E-state index contributed by atoms with van der Waals surface area (Å²) in [7, 11) is 2.08. The van der Waals surface area contributed by atoms with Gasteiger partial charge < -0.3 is 29.0 Å². The lowest BCUT2D eigenvalue weighted by molar-refractivity contribution is -0.154. The molecule has 0 spiro atoms. The van der Waals surface area contributed by atoms with Crippen LogP contribution in [0.2, 0.25) is 5.02 Å². The van der Waals surface area contributed by atoms with E-state index in [2.05, 4.69) is 36.9 Å². The van der Waals surface area contributed by atoms with Gasteiger partial charge in [-0.1, -0.05) is 35.9 Å². The normalized spacial score (nSPS) is 14.5. The van der Waals surface area contributed by atoms with Gasteiger partial charge in [-0.05, 0) is 54.9 Å². The number of rotatable bonds is 17. The topological polar surface area (TPSA) is 137 Å². The van der Waals surface area contributed by atoms with Crippen LogP contribution in [0, 0.1) is 6.92 Å². The molecule has 1 atom stereocenters. The molecule has 2 aromatic carbocycles. The number of alkyl halides is 6. The highest BCUT2D eigenvalue weighted by Gasteiger charge is 2.31. The maximum absolute atomic E-state index is 13.1. The number of halogens is 7. The molecule has 5 heterocycles. The number of aliphatic carboxylic acids is 1. The van der Waals surface area contributed by atoms with Gasteiger partial charge in [0.05, 0.1) is 16.1 Å². The number of fused-ring (bicyclic) bond motifs is 1. The third-order valence-corrected chi connectivity index (χ3v) is 11.7. The first-order valence-electron chi connectivity index (χ1n) is 19.5. The van der Waals surface area contributed by atoms with E-state index in [4.69, 9.17) is 30.5 Å². The summed E-state index contributed by atoms with van der Waals surface area (Å²) in [5.74, 6) is -1.04. The third kappa shape index (κ3) is 11.5. The number of thiophene rings is 1. The summed E-state index contributed by atoms with van der Waals surface area (Å²) in [6.45, 7) is 3.51. The maximum Gasteiger partial charge on any atom is 0.422 e. The highest BCUT2D eigenvalue weighted by atomic mass is 35.5. The minimum absolute atomic E-state index is 0.0968. The predicted octanol–water partition coefficient (Wildman–Crippen LogP) is 8.36. The summed E-state index contributed by atoms with van der Waals surface area (Å²) >= 11 is 8.18. The molecule has 0 radical (unpaired) electrons. The van der Waals surface area contributed by atoms with Crippen LogP contribution < -0.4 is 18.9 Å². The standard InChI is InChI=1S/C42H40ClF6N7O6S/c1-25-29(8-9-31(36(25)43)59-18-17-55-15-13-54(2)14-16-55)34-35-38(51-24-52-39(35)63-37(34)27-7-10-33(50-20-27)61-23-42(47,48)49)62-32(40(57)58)19-26-5-3-4-6-30(26)60-21-28-11-12-53-56(28)22-41(44,45)46/h3-12,20,24,32H,13-19,21-23H2,1-2H3,(H,57,58)/t32-/m1/s1. The number of piperazine rings is 1. The first-order valence-corrected chi connectivity index (χ1v) is 20.7. The number of hydrogen-bond acceptors (Lipinski definition) is 12. The predicted molar refractivity (Wildman–Crippen MR) is 222 cm³/mol. The van der Waals surface area contributed by atoms with Crippen molar-refractivity contribution < 1.29 is 55.2 Å². The van der Waals surface area contributed by atoms with E-state index >= 15 is 0 Å². The van der Waals surface area contributed by atoms with E-state index in [0.717, 1.165) is 30.9 Å². The molecule has 0 bridgehead atoms. The lowest BCUT2D eigenvalue weighted by Crippen LogP contribution is -2.45. The summed E-state index contributed by atoms with van der Waals surface area (Å²) in [6, 6.07) is 14.2. The zero-order valence-electron chi connectivity index (χ0n) is 33.7. The Kier molecular flexibility index (Phi) is 13.9. The number of likely N-dealkylation sites (N-methyl/N-ethyl adjacent to an activating group) is 1. The Bertz CT molecular complexity index is 2530. The van der Waals surface area contributed by atoms with E-state index in [-0.39, 0.29) is 36.2 Å². The molecule has 0 saturated carbocycles. The molecular formula is C42H40ClF6N7O6S. The van der Waals surface area contributed by atoms with Crippen molar-refractivity contribution in [3.8, 4) is 44.8 Å². The monoisotopic (exact) mass is 919 g/mol. The van der Waals surface area contributed by atoms with Crippen molar-refractivity contribution in [3.05, 3.63) is 95.2 Å². The molecule has 1 aliphatic heterocycles. The van der Waals surface area contributed by atoms with Crippen LogP contribution in [-0.4, -0.2) is 117 Å². The molecule has 1 aliphatic rings. The molecule has 0 unspecified atom stereocenters. The highest BCUT2D eigenvalue weighted by molar-refractivity contribution is 7.22. The molecular weight excluding hydrogens is 880 g/mol. The lowest BCUT2D eigenvalue weighted by Gasteiger charge is -2.32. The maximum atomic E-state index is 13.1. The molecule has 6 aromatic rings. The van der Waals surface area contributed by atoms with Crippen molar-refractivity contribution in [2.75, 3.05) is 53.0 Å². The summed E-state index contributed by atoms with van der Waals surface area (Å²) in [6.07, 6.45) is -7.10. The van der Waals surface area contributed by atoms with Crippen molar-refractivity contribution in [1.82, 2.24) is 34.5 Å². The summed E-state index contributed by atoms with van der Waals surface area (Å²) in [4.78, 5) is 31.4. The fraction of sp³-hybridized carbons (Fsp3) is 0.357. The van der Waals surface area contributed by atoms with Gasteiger partial charge in [0.15, 0.2) is 6.61 Å². The SMILES string of the molecule is Cc1c(-c2c(-c3ccc(OCC(F)(F)F)nc3)sc3ncnc(O[C@H](Cc4ccccc4OCc4ccnn4CC(F)(F)F)C(=O)O)c23)ccc(OCCN2CCN(C)CC2)c1Cl. The molecule has 4 aromatic heterocycles. The van der Waals surface area contributed by atoms with Gasteiger partial charge in [0.2, 0.25) is 17.9 Å². The zero-order chi connectivity index (χ0) is 44.9. The van der Waals surface area contributed by atoms with E-state index in [0.29, 0.717) is 66.8 Å². The van der Waals surface area contributed by atoms with Crippen LogP contribution in [0.15, 0.2) is 73.3 Å². The molecule has 1 saturated heterocycles. The number of para-hydroxylation sites is 1. The van der Waals surface area contributed by atoms with Crippen molar-refractivity contribution >= 4 is 39.1 Å². The van der Waals surface area contributed by atoms with Gasteiger partial charge in [0.1, 0.15) is 42.4 Å². The molecule has 21 heteroatoms. The summed E-state index contributed by atoms with van der Waals surface area (Å²) in [5, 5.41) is 14.9. The second-order valence-electron chi connectivity index (χ2n) is 14.6. The third-order valence-electron chi connectivity index (χ3n) is 10.1. The van der Waals surface area contributed by atoms with Gasteiger partial charge in [-0.2, -0.15) is 31.4 Å². The largest absolute Gasteiger partial charge is 0.491 e. The average molecular weight is 920 g/mol. The van der Waals surface area contributed by atoms with Crippen molar-refractivity contribution in [3.63, 3.8) is 0 Å². The molecule has 7 rings (SSSR count). The minimum Gasteiger partial charge on any atom is -0.491 e. The summed E-state index contributed by atoms with van der Waals surface area (Å²) < 4.78 is 102. The Morgan fingerprint density at radius 2 is 1.70 bits per heavy atom. The molecule has 1 N–H and O–H groups in total. The first kappa shape index (κ1) is 45.3. The number of carboxylic acids is 1. The van der Waals surface area contributed by atoms with Crippen LogP contribution in [0.25, 0.3) is 31.8 Å². The number of nitrogens with zero attached hydrogens (tertiary/aromatic N) is 7. The van der Waals surface area contributed by atoms with E-state index in [1.54, 1.807) is 49.4 Å². The van der Waals surface area contributed by atoms with Crippen LogP contribution in [0.1, 0.15) is 16.8 Å². The lowest BCUT2D eigenvalue weighted by atomic mass is 9.96. The zero-order valence-corrected chi connectivity index (χ0v) is 35.3. The van der Waals surface area contributed by atoms with Gasteiger partial charge >= 0.3 is 18.3 Å². The quantitative estimate of drug-likeness (QED) is 0.0881. The summed E-state index contributed by atoms with van der Waals surface area (Å²) in [5.41, 5.74) is 2.67. The van der Waals surface area contributed by atoms with E-state index in [1.807, 2.05) is 0 Å². The second-order valence-corrected chi connectivity index (χ2v) is 16.0. The fourth-order valence-corrected chi connectivity index (χ4v) is 8.24. The van der Waals surface area contributed by atoms with Crippen LogP contribution in [0.5, 0.6) is 23.3 Å². The van der Waals surface area contributed by atoms with E-state index < -0.39 is 37.6 Å². The van der Waals surface area contributed by atoms with E-state index in [1.165, 1.54) is 42.2 Å². The van der Waals surface area contributed by atoms with Crippen LogP contribution >= 0.6 is 22.9 Å². The number of aromatic nitrogens is 5. The molecule has 0 amide bonds.